The van der Waals surface area contributed by atoms with E-state index in [0.29, 0.717) is 11.3 Å². The van der Waals surface area contributed by atoms with E-state index in [1.54, 1.807) is 18.4 Å². The Balaban J connectivity index is 2.78. The number of rotatable bonds is 1. The highest BCUT2D eigenvalue weighted by atomic mass is 32.1. The molecule has 0 bridgehead atoms. The summed E-state index contributed by atoms with van der Waals surface area (Å²) >= 11 is 5.84. The Hall–Kier alpha value is -1.18. The van der Waals surface area contributed by atoms with Crippen LogP contribution in [-0.2, 0) is 0 Å². The molecule has 0 atom stereocenters. The minimum Gasteiger partial charge on any atom is -0.496 e. The van der Waals surface area contributed by atoms with Crippen LogP contribution in [-0.4, -0.2) is 7.11 Å². The number of methoxy groups -OCH3 is 1. The van der Waals surface area contributed by atoms with Crippen molar-refractivity contribution in [2.45, 2.75) is 4.90 Å². The summed E-state index contributed by atoms with van der Waals surface area (Å²) in [7, 11) is 1.60. The van der Waals surface area contributed by atoms with Crippen molar-refractivity contribution < 1.29 is 4.74 Å². The minimum absolute atomic E-state index is 0.691. The van der Waals surface area contributed by atoms with Crippen molar-refractivity contribution >= 4 is 34.1 Å². The van der Waals surface area contributed by atoms with E-state index in [9.17, 15) is 0 Å². The van der Waals surface area contributed by atoms with Crippen LogP contribution in [0.4, 0.5) is 0 Å². The van der Waals surface area contributed by atoms with Gasteiger partial charge in [0.05, 0.1) is 12.7 Å². The van der Waals surface area contributed by atoms with Crippen LogP contribution >= 0.6 is 24.0 Å². The lowest BCUT2D eigenvalue weighted by Crippen LogP contribution is -1.84. The zero-order chi connectivity index (χ0) is 10.1. The lowest BCUT2D eigenvalue weighted by molar-refractivity contribution is 0.406. The van der Waals surface area contributed by atoms with Crippen LogP contribution in [0, 0.1) is 11.3 Å². The topological polar surface area (TPSA) is 33.0 Å². The van der Waals surface area contributed by atoms with E-state index in [0.717, 1.165) is 15.0 Å². The van der Waals surface area contributed by atoms with Crippen molar-refractivity contribution in [3.63, 3.8) is 0 Å². The molecule has 14 heavy (non-hydrogen) atoms. The highest BCUT2D eigenvalue weighted by Gasteiger charge is 2.07. The molecule has 1 aromatic carbocycles. The Bertz CT molecular complexity index is 525. The molecule has 1 heterocycles. The van der Waals surface area contributed by atoms with E-state index in [4.69, 9.17) is 10.00 Å². The van der Waals surface area contributed by atoms with E-state index >= 15 is 0 Å². The van der Waals surface area contributed by atoms with Crippen LogP contribution in [0.2, 0.25) is 0 Å². The first-order chi connectivity index (χ1) is 6.76. The molecular weight excluding hydrogens is 214 g/mol. The summed E-state index contributed by atoms with van der Waals surface area (Å²) in [6, 6.07) is 5.92. The molecule has 0 saturated carbocycles. The van der Waals surface area contributed by atoms with Gasteiger partial charge in [0.25, 0.3) is 0 Å². The molecule has 0 spiro atoms. The van der Waals surface area contributed by atoms with Gasteiger partial charge in [-0.1, -0.05) is 0 Å². The molecule has 70 valence electrons. The molecule has 0 aliphatic rings. The first kappa shape index (κ1) is 9.38. The second-order valence-electron chi connectivity index (χ2n) is 2.78. The second kappa shape index (κ2) is 3.52. The van der Waals surface area contributed by atoms with Gasteiger partial charge in [-0.15, -0.1) is 24.0 Å². The van der Waals surface area contributed by atoms with Crippen molar-refractivity contribution in [2.75, 3.05) is 7.11 Å². The van der Waals surface area contributed by atoms with E-state index in [1.807, 2.05) is 17.5 Å². The molecule has 0 fully saturated rings. The Kier molecular flexibility index (Phi) is 2.36. The zero-order valence-corrected chi connectivity index (χ0v) is 9.15. The number of benzene rings is 1. The molecule has 1 aromatic heterocycles. The van der Waals surface area contributed by atoms with Gasteiger partial charge in [-0.05, 0) is 12.1 Å². The van der Waals surface area contributed by atoms with Crippen molar-refractivity contribution in [2.24, 2.45) is 0 Å². The molecule has 2 rings (SSSR count). The van der Waals surface area contributed by atoms with E-state index in [2.05, 4.69) is 18.7 Å². The fourth-order valence-electron chi connectivity index (χ4n) is 1.29. The average molecular weight is 221 g/mol. The molecule has 2 nitrogen and oxygen atoms in total. The maximum Gasteiger partial charge on any atom is 0.132 e. The van der Waals surface area contributed by atoms with Gasteiger partial charge in [-0.3, -0.25) is 0 Å². The molecule has 0 aliphatic carbocycles. The molecule has 0 unspecified atom stereocenters. The summed E-state index contributed by atoms with van der Waals surface area (Å²) in [5.41, 5.74) is 0.691. The summed E-state index contributed by atoms with van der Waals surface area (Å²) in [5.74, 6) is 0.704. The summed E-state index contributed by atoms with van der Waals surface area (Å²) < 4.78 is 6.20. The predicted molar refractivity (Wildman–Crippen MR) is 60.3 cm³/mol. The van der Waals surface area contributed by atoms with Crippen LogP contribution in [0.5, 0.6) is 5.75 Å². The smallest absolute Gasteiger partial charge is 0.132 e. The van der Waals surface area contributed by atoms with Gasteiger partial charge in [0.2, 0.25) is 0 Å². The summed E-state index contributed by atoms with van der Waals surface area (Å²) in [5, 5.41) is 11.6. The standard InChI is InChI=1S/C10H7NOS2/c1-12-8-2-7-6(4-11)5-14-10(7)3-9(8)13/h2-3,5,13H,1H3. The van der Waals surface area contributed by atoms with Crippen molar-refractivity contribution in [1.29, 1.82) is 5.26 Å². The maximum absolute atomic E-state index is 8.85. The summed E-state index contributed by atoms with van der Waals surface area (Å²) in [4.78, 5) is 0.798. The Morgan fingerprint density at radius 1 is 1.50 bits per heavy atom. The number of hydrogen-bond acceptors (Lipinski definition) is 4. The number of ether oxygens (including phenoxy) is 1. The van der Waals surface area contributed by atoms with Gasteiger partial charge in [0.15, 0.2) is 0 Å². The van der Waals surface area contributed by atoms with Crippen molar-refractivity contribution in [3.8, 4) is 11.8 Å². The van der Waals surface area contributed by atoms with E-state index in [1.165, 1.54) is 0 Å². The zero-order valence-electron chi connectivity index (χ0n) is 7.44. The van der Waals surface area contributed by atoms with Crippen LogP contribution in [0.15, 0.2) is 22.4 Å². The van der Waals surface area contributed by atoms with Crippen molar-refractivity contribution in [3.05, 3.63) is 23.1 Å². The van der Waals surface area contributed by atoms with Gasteiger partial charge in [0.1, 0.15) is 11.8 Å². The predicted octanol–water partition coefficient (Wildman–Crippen LogP) is 3.07. The molecular formula is C10H7NOS2. The highest BCUT2D eigenvalue weighted by Crippen LogP contribution is 2.33. The molecule has 2 aromatic rings. The molecule has 0 N–H and O–H groups in total. The summed E-state index contributed by atoms with van der Waals surface area (Å²) in [6.45, 7) is 0. The minimum atomic E-state index is 0.691. The number of nitriles is 1. The van der Waals surface area contributed by atoms with Gasteiger partial charge in [0, 0.05) is 20.4 Å². The first-order valence-electron chi connectivity index (χ1n) is 3.94. The third kappa shape index (κ3) is 1.35. The third-order valence-electron chi connectivity index (χ3n) is 2.00. The number of hydrogen-bond donors (Lipinski definition) is 1. The van der Waals surface area contributed by atoms with Crippen molar-refractivity contribution in [1.82, 2.24) is 0 Å². The lowest BCUT2D eigenvalue weighted by atomic mass is 10.2. The molecule has 0 aliphatic heterocycles. The monoisotopic (exact) mass is 221 g/mol. The molecule has 0 amide bonds. The molecule has 0 saturated heterocycles. The van der Waals surface area contributed by atoms with E-state index < -0.39 is 0 Å². The van der Waals surface area contributed by atoms with E-state index in [-0.39, 0.29) is 0 Å². The normalized spacial score (nSPS) is 10.1. The summed E-state index contributed by atoms with van der Waals surface area (Å²) in [6.07, 6.45) is 0. The maximum atomic E-state index is 8.85. The highest BCUT2D eigenvalue weighted by molar-refractivity contribution is 7.80. The quantitative estimate of drug-likeness (QED) is 0.751. The Morgan fingerprint density at radius 3 is 2.93 bits per heavy atom. The molecule has 4 heteroatoms. The Morgan fingerprint density at radius 2 is 2.29 bits per heavy atom. The Labute approximate surface area is 91.1 Å². The largest absolute Gasteiger partial charge is 0.496 e. The second-order valence-corrected chi connectivity index (χ2v) is 4.17. The van der Waals surface area contributed by atoms with Crippen LogP contribution in [0.25, 0.3) is 10.1 Å². The molecule has 0 radical (unpaired) electrons. The van der Waals surface area contributed by atoms with Gasteiger partial charge < -0.3 is 4.74 Å². The number of nitrogens with zero attached hydrogens (tertiary/aromatic N) is 1. The van der Waals surface area contributed by atoms with Gasteiger partial charge in [-0.2, -0.15) is 5.26 Å². The number of fused-ring (bicyclic) bond motifs is 1. The number of thiophene rings is 1. The fraction of sp³-hybridized carbons (Fsp3) is 0.100. The van der Waals surface area contributed by atoms with Crippen LogP contribution in [0.1, 0.15) is 5.56 Å². The lowest BCUT2D eigenvalue weighted by Gasteiger charge is -2.03. The first-order valence-corrected chi connectivity index (χ1v) is 5.27. The SMILES string of the molecule is COc1cc2c(C#N)csc2cc1S. The number of thiol groups is 1. The van der Waals surface area contributed by atoms with Gasteiger partial charge >= 0.3 is 0 Å². The van der Waals surface area contributed by atoms with Gasteiger partial charge in [-0.25, -0.2) is 0 Å². The average Bonchev–Trinajstić information content (AvgIpc) is 2.58. The third-order valence-corrected chi connectivity index (χ3v) is 3.29. The van der Waals surface area contributed by atoms with Crippen LogP contribution in [0.3, 0.4) is 0 Å². The fourth-order valence-corrected chi connectivity index (χ4v) is 2.57. The van der Waals surface area contributed by atoms with Crippen LogP contribution < -0.4 is 4.74 Å².